The van der Waals surface area contributed by atoms with Crippen LogP contribution < -0.4 is 11.0 Å². The molecule has 0 spiro atoms. The summed E-state index contributed by atoms with van der Waals surface area (Å²) < 4.78 is 40.7. The number of pyridine rings is 1. The second-order valence-corrected chi connectivity index (χ2v) is 6.14. The molecule has 25 heavy (non-hydrogen) atoms. The third-order valence-electron chi connectivity index (χ3n) is 4.38. The fraction of sp³-hybridized carbons (Fsp3) is 0.562. The van der Waals surface area contributed by atoms with Crippen LogP contribution in [0.2, 0.25) is 0 Å². The highest BCUT2D eigenvalue weighted by Gasteiger charge is 2.32. The van der Waals surface area contributed by atoms with E-state index in [2.05, 4.69) is 15.4 Å². The van der Waals surface area contributed by atoms with Gasteiger partial charge in [0.2, 0.25) is 0 Å². The summed E-state index contributed by atoms with van der Waals surface area (Å²) in [5.74, 6) is 0.910. The summed E-state index contributed by atoms with van der Waals surface area (Å²) in [4.78, 5) is 16.0. The molecule has 1 saturated heterocycles. The molecule has 6 nitrogen and oxygen atoms in total. The maximum atomic E-state index is 12.6. The van der Waals surface area contributed by atoms with Crippen molar-refractivity contribution in [3.63, 3.8) is 0 Å². The van der Waals surface area contributed by atoms with Gasteiger partial charge in [0, 0.05) is 25.2 Å². The predicted octanol–water partition coefficient (Wildman–Crippen LogP) is 1.99. The minimum atomic E-state index is -4.47. The lowest BCUT2D eigenvalue weighted by molar-refractivity contribution is -0.141. The van der Waals surface area contributed by atoms with Crippen LogP contribution in [0.4, 0.5) is 13.2 Å². The van der Waals surface area contributed by atoms with Crippen LogP contribution in [-0.4, -0.2) is 32.4 Å². The van der Waals surface area contributed by atoms with E-state index in [1.54, 1.807) is 4.57 Å². The van der Waals surface area contributed by atoms with Crippen LogP contribution in [0, 0.1) is 0 Å². The molecule has 136 valence electrons. The average molecular weight is 355 g/mol. The first-order chi connectivity index (χ1) is 11.9. The van der Waals surface area contributed by atoms with Crippen molar-refractivity contribution in [2.24, 2.45) is 0 Å². The smallest absolute Gasteiger partial charge is 0.316 e. The first-order valence-electron chi connectivity index (χ1n) is 8.30. The molecule has 0 aromatic carbocycles. The maximum absolute atomic E-state index is 12.6. The van der Waals surface area contributed by atoms with E-state index < -0.39 is 11.9 Å². The van der Waals surface area contributed by atoms with E-state index in [1.807, 2.05) is 6.92 Å². The second kappa shape index (κ2) is 6.99. The van der Waals surface area contributed by atoms with Crippen molar-refractivity contribution >= 4 is 0 Å². The topological polar surface area (TPSA) is 64.7 Å². The average Bonchev–Trinajstić information content (AvgIpc) is 2.91. The van der Waals surface area contributed by atoms with E-state index in [0.29, 0.717) is 12.1 Å². The Labute approximate surface area is 142 Å². The number of nitrogens with zero attached hydrogens (tertiary/aromatic N) is 4. The van der Waals surface area contributed by atoms with Crippen LogP contribution in [0.15, 0.2) is 23.1 Å². The van der Waals surface area contributed by atoms with Crippen molar-refractivity contribution < 1.29 is 13.2 Å². The number of aromatic nitrogens is 4. The molecule has 0 saturated carbocycles. The van der Waals surface area contributed by atoms with Crippen LogP contribution in [0.5, 0.6) is 0 Å². The van der Waals surface area contributed by atoms with Crippen molar-refractivity contribution in [3.8, 4) is 0 Å². The van der Waals surface area contributed by atoms with Crippen molar-refractivity contribution in [3.05, 3.63) is 45.9 Å². The summed E-state index contributed by atoms with van der Waals surface area (Å²) in [6, 6.07) is 2.25. The zero-order valence-corrected chi connectivity index (χ0v) is 13.9. The van der Waals surface area contributed by atoms with Gasteiger partial charge in [-0.2, -0.15) is 18.3 Å². The number of hydrogen-bond donors (Lipinski definition) is 1. The Bertz CT molecular complexity index is 773. The number of alkyl halides is 3. The minimum Gasteiger partial charge on any atom is -0.316 e. The van der Waals surface area contributed by atoms with E-state index in [4.69, 9.17) is 0 Å². The molecule has 0 amide bonds. The van der Waals surface area contributed by atoms with Gasteiger partial charge in [-0.05, 0) is 37.9 Å². The van der Waals surface area contributed by atoms with E-state index in [1.165, 1.54) is 10.7 Å². The van der Waals surface area contributed by atoms with Gasteiger partial charge in [-0.15, -0.1) is 0 Å². The van der Waals surface area contributed by atoms with Gasteiger partial charge >= 0.3 is 11.9 Å². The zero-order valence-electron chi connectivity index (χ0n) is 13.9. The van der Waals surface area contributed by atoms with Gasteiger partial charge in [0.05, 0.1) is 6.54 Å². The van der Waals surface area contributed by atoms with Crippen molar-refractivity contribution in [2.45, 2.75) is 44.9 Å². The Kier molecular flexibility index (Phi) is 4.94. The van der Waals surface area contributed by atoms with Crippen molar-refractivity contribution in [2.75, 3.05) is 13.1 Å². The summed E-state index contributed by atoms with van der Waals surface area (Å²) in [5.41, 5.74) is -0.691. The third-order valence-corrected chi connectivity index (χ3v) is 4.38. The third kappa shape index (κ3) is 3.76. The van der Waals surface area contributed by atoms with Gasteiger partial charge in [-0.3, -0.25) is 9.55 Å². The van der Waals surface area contributed by atoms with Gasteiger partial charge < -0.3 is 5.32 Å². The number of hydrogen-bond acceptors (Lipinski definition) is 4. The second-order valence-electron chi connectivity index (χ2n) is 6.14. The van der Waals surface area contributed by atoms with Crippen LogP contribution in [0.25, 0.3) is 0 Å². The van der Waals surface area contributed by atoms with Gasteiger partial charge in [-0.1, -0.05) is 6.07 Å². The lowest BCUT2D eigenvalue weighted by Gasteiger charge is -2.21. The van der Waals surface area contributed by atoms with Gasteiger partial charge in [0.1, 0.15) is 11.5 Å². The lowest BCUT2D eigenvalue weighted by Crippen LogP contribution is -2.31. The Morgan fingerprint density at radius 2 is 2.16 bits per heavy atom. The maximum Gasteiger partial charge on any atom is 0.433 e. The number of nitrogens with one attached hydrogen (secondary N) is 1. The first-order valence-corrected chi connectivity index (χ1v) is 8.30. The Morgan fingerprint density at radius 3 is 2.72 bits per heavy atom. The Hall–Kier alpha value is -2.16. The molecule has 3 rings (SSSR count). The molecule has 1 aliphatic rings. The SMILES string of the molecule is CCn1c([C@@H]2CCCNC2)nn(Cc2ccc(C(F)(F)F)nc2)c1=O. The largest absolute Gasteiger partial charge is 0.433 e. The van der Waals surface area contributed by atoms with Gasteiger partial charge in [-0.25, -0.2) is 9.48 Å². The number of rotatable bonds is 4. The Balaban J connectivity index is 1.85. The molecule has 3 heterocycles. The highest BCUT2D eigenvalue weighted by molar-refractivity contribution is 5.16. The Morgan fingerprint density at radius 1 is 1.36 bits per heavy atom. The molecule has 0 unspecified atom stereocenters. The number of piperidine rings is 1. The summed E-state index contributed by atoms with van der Waals surface area (Å²) in [6.45, 7) is 4.23. The highest BCUT2D eigenvalue weighted by Crippen LogP contribution is 2.27. The molecule has 0 radical (unpaired) electrons. The molecule has 1 fully saturated rings. The highest BCUT2D eigenvalue weighted by atomic mass is 19.4. The number of halogens is 3. The zero-order chi connectivity index (χ0) is 18.0. The van der Waals surface area contributed by atoms with E-state index in [-0.39, 0.29) is 18.2 Å². The summed E-state index contributed by atoms with van der Waals surface area (Å²) in [5, 5.41) is 7.75. The predicted molar refractivity (Wildman–Crippen MR) is 85.3 cm³/mol. The molecule has 2 aromatic heterocycles. The molecule has 1 aliphatic heterocycles. The van der Waals surface area contributed by atoms with Gasteiger partial charge in [0.25, 0.3) is 0 Å². The van der Waals surface area contributed by atoms with Gasteiger partial charge in [0.15, 0.2) is 0 Å². The minimum absolute atomic E-state index is 0.101. The lowest BCUT2D eigenvalue weighted by atomic mass is 9.99. The summed E-state index contributed by atoms with van der Waals surface area (Å²) in [7, 11) is 0. The van der Waals surface area contributed by atoms with Crippen molar-refractivity contribution in [1.29, 1.82) is 0 Å². The van der Waals surface area contributed by atoms with Crippen molar-refractivity contribution in [1.82, 2.24) is 24.6 Å². The molecule has 1 N–H and O–H groups in total. The fourth-order valence-corrected chi connectivity index (χ4v) is 3.09. The molecule has 2 aromatic rings. The summed E-state index contributed by atoms with van der Waals surface area (Å²) in [6.07, 6.45) is -1.34. The first kappa shape index (κ1) is 17.7. The van der Waals surface area contributed by atoms with Crippen LogP contribution in [0.1, 0.15) is 42.8 Å². The van der Waals surface area contributed by atoms with E-state index in [9.17, 15) is 18.0 Å². The fourth-order valence-electron chi connectivity index (χ4n) is 3.09. The summed E-state index contributed by atoms with van der Waals surface area (Å²) >= 11 is 0. The standard InChI is InChI=1S/C16H20F3N5O/c1-2-23-14(12-4-3-7-20-9-12)22-24(15(23)25)10-11-5-6-13(21-8-11)16(17,18)19/h5-6,8,12,20H,2-4,7,9-10H2,1H3/t12-/m1/s1. The van der Waals surface area contributed by atoms with E-state index >= 15 is 0 Å². The molecule has 0 aliphatic carbocycles. The van der Waals surface area contributed by atoms with Crippen LogP contribution in [-0.2, 0) is 19.3 Å². The molecular weight excluding hydrogens is 335 g/mol. The molecule has 9 heteroatoms. The van der Waals surface area contributed by atoms with E-state index in [0.717, 1.165) is 44.0 Å². The normalized spacial score (nSPS) is 18.5. The molecule has 1 atom stereocenters. The van der Waals surface area contributed by atoms with Crippen LogP contribution in [0.3, 0.4) is 0 Å². The van der Waals surface area contributed by atoms with Crippen LogP contribution >= 0.6 is 0 Å². The quantitative estimate of drug-likeness (QED) is 0.911. The monoisotopic (exact) mass is 355 g/mol. The molecular formula is C16H20F3N5O. The molecule has 0 bridgehead atoms.